The maximum absolute atomic E-state index is 11.7. The highest BCUT2D eigenvalue weighted by atomic mass is 16.5. The van der Waals surface area contributed by atoms with Gasteiger partial charge in [0.1, 0.15) is 6.54 Å². The Morgan fingerprint density at radius 3 is 2.68 bits per heavy atom. The zero-order valence-corrected chi connectivity index (χ0v) is 11.2. The van der Waals surface area contributed by atoms with Crippen LogP contribution < -0.4 is 0 Å². The van der Waals surface area contributed by atoms with E-state index in [9.17, 15) is 9.59 Å². The van der Waals surface area contributed by atoms with Crippen LogP contribution in [0.4, 0.5) is 0 Å². The lowest BCUT2D eigenvalue weighted by Gasteiger charge is -2.13. The number of amides is 1. The maximum atomic E-state index is 11.7. The topological polar surface area (TPSA) is 96.5 Å². The summed E-state index contributed by atoms with van der Waals surface area (Å²) in [4.78, 5) is 28.2. The second-order valence-electron chi connectivity index (χ2n) is 5.78. The normalized spacial score (nSPS) is 20.1. The van der Waals surface area contributed by atoms with Crippen LogP contribution in [0.3, 0.4) is 0 Å². The fraction of sp³-hybridized carbons (Fsp3) is 0.667. The summed E-state index contributed by atoms with van der Waals surface area (Å²) in [7, 11) is 0. The quantitative estimate of drug-likeness (QED) is 0.870. The average molecular weight is 267 g/mol. The van der Waals surface area contributed by atoms with E-state index in [1.54, 1.807) is 0 Å². The molecule has 1 fully saturated rings. The highest BCUT2D eigenvalue weighted by Gasteiger charge is 2.35. The van der Waals surface area contributed by atoms with E-state index < -0.39 is 11.9 Å². The molecule has 2 heterocycles. The Kier molecular flexibility index (Phi) is 3.30. The number of rotatable bonds is 3. The minimum Gasteiger partial charge on any atom is -0.481 e. The molecule has 1 aliphatic heterocycles. The van der Waals surface area contributed by atoms with Gasteiger partial charge in [0, 0.05) is 18.4 Å². The largest absolute Gasteiger partial charge is 0.481 e. The monoisotopic (exact) mass is 267 g/mol. The first-order valence-electron chi connectivity index (χ1n) is 6.11. The standard InChI is InChI=1S/C12H17N3O4/c1-12(2,3)11-13-8(19-14-11)6-15-5-7(10(17)18)4-9(15)16/h7H,4-6H2,1-3H3,(H,17,18)/t7-/m0/s1. The molecular formula is C12H17N3O4. The molecular weight excluding hydrogens is 250 g/mol. The minimum atomic E-state index is -0.947. The summed E-state index contributed by atoms with van der Waals surface area (Å²) in [5, 5.41) is 12.8. The summed E-state index contributed by atoms with van der Waals surface area (Å²) in [6, 6.07) is 0. The van der Waals surface area contributed by atoms with Crippen LogP contribution in [0, 0.1) is 5.92 Å². The molecule has 1 aromatic rings. The summed E-state index contributed by atoms with van der Waals surface area (Å²) in [6.07, 6.45) is 0.0373. The molecule has 0 unspecified atom stereocenters. The van der Waals surface area contributed by atoms with Crippen molar-refractivity contribution in [2.24, 2.45) is 5.92 Å². The molecule has 0 radical (unpaired) electrons. The van der Waals surface area contributed by atoms with Gasteiger partial charge in [-0.05, 0) is 0 Å². The molecule has 1 aromatic heterocycles. The third-order valence-corrected chi connectivity index (χ3v) is 3.03. The molecule has 104 valence electrons. The molecule has 19 heavy (non-hydrogen) atoms. The zero-order chi connectivity index (χ0) is 14.2. The zero-order valence-electron chi connectivity index (χ0n) is 11.2. The van der Waals surface area contributed by atoms with E-state index in [1.807, 2.05) is 20.8 Å². The molecule has 1 atom stereocenters. The number of carboxylic acids is 1. The van der Waals surface area contributed by atoms with Gasteiger partial charge in [0.25, 0.3) is 0 Å². The second-order valence-corrected chi connectivity index (χ2v) is 5.78. The van der Waals surface area contributed by atoms with E-state index in [0.717, 1.165) is 0 Å². The van der Waals surface area contributed by atoms with Crippen LogP contribution in [0.5, 0.6) is 0 Å². The Balaban J connectivity index is 2.04. The first-order chi connectivity index (χ1) is 8.77. The van der Waals surface area contributed by atoms with Crippen LogP contribution in [-0.2, 0) is 21.5 Å². The van der Waals surface area contributed by atoms with Gasteiger partial charge >= 0.3 is 5.97 Å². The van der Waals surface area contributed by atoms with E-state index in [4.69, 9.17) is 9.63 Å². The smallest absolute Gasteiger partial charge is 0.308 e. The van der Waals surface area contributed by atoms with E-state index in [1.165, 1.54) is 4.90 Å². The number of carbonyl (C=O) groups is 2. The van der Waals surface area contributed by atoms with E-state index in [2.05, 4.69) is 10.1 Å². The number of carbonyl (C=O) groups excluding carboxylic acids is 1. The fourth-order valence-electron chi connectivity index (χ4n) is 1.88. The molecule has 0 saturated carbocycles. The summed E-state index contributed by atoms with van der Waals surface area (Å²) >= 11 is 0. The first kappa shape index (κ1) is 13.5. The third kappa shape index (κ3) is 2.91. The number of aromatic nitrogens is 2. The number of likely N-dealkylation sites (tertiary alicyclic amines) is 1. The highest BCUT2D eigenvalue weighted by Crippen LogP contribution is 2.22. The van der Waals surface area contributed by atoms with Gasteiger partial charge in [-0.1, -0.05) is 25.9 Å². The van der Waals surface area contributed by atoms with Crippen molar-refractivity contribution in [3.05, 3.63) is 11.7 Å². The first-order valence-corrected chi connectivity index (χ1v) is 6.11. The lowest BCUT2D eigenvalue weighted by molar-refractivity contribution is -0.141. The van der Waals surface area contributed by atoms with Crippen LogP contribution in [0.15, 0.2) is 4.52 Å². The molecule has 2 rings (SSSR count). The van der Waals surface area contributed by atoms with Gasteiger partial charge in [0.15, 0.2) is 5.82 Å². The second kappa shape index (κ2) is 4.64. The van der Waals surface area contributed by atoms with Gasteiger partial charge in [-0.3, -0.25) is 9.59 Å². The van der Waals surface area contributed by atoms with Gasteiger partial charge in [0.2, 0.25) is 11.8 Å². The van der Waals surface area contributed by atoms with Crippen molar-refractivity contribution in [3.8, 4) is 0 Å². The number of carboxylic acid groups (broad SMARTS) is 1. The van der Waals surface area contributed by atoms with E-state index in [-0.39, 0.29) is 30.8 Å². The van der Waals surface area contributed by atoms with Crippen molar-refractivity contribution in [1.29, 1.82) is 0 Å². The third-order valence-electron chi connectivity index (χ3n) is 3.03. The van der Waals surface area contributed by atoms with Crippen molar-refractivity contribution in [1.82, 2.24) is 15.0 Å². The lowest BCUT2D eigenvalue weighted by atomic mass is 9.96. The maximum Gasteiger partial charge on any atom is 0.308 e. The molecule has 0 aliphatic carbocycles. The van der Waals surface area contributed by atoms with Gasteiger partial charge in [-0.15, -0.1) is 0 Å². The van der Waals surface area contributed by atoms with Crippen LogP contribution in [0.2, 0.25) is 0 Å². The van der Waals surface area contributed by atoms with Gasteiger partial charge in [-0.25, -0.2) is 0 Å². The van der Waals surface area contributed by atoms with Gasteiger partial charge in [-0.2, -0.15) is 4.98 Å². The van der Waals surface area contributed by atoms with E-state index in [0.29, 0.717) is 11.7 Å². The molecule has 0 spiro atoms. The molecule has 0 aromatic carbocycles. The predicted molar refractivity (Wildman–Crippen MR) is 64.2 cm³/mol. The number of hydrogen-bond acceptors (Lipinski definition) is 5. The van der Waals surface area contributed by atoms with Crippen molar-refractivity contribution < 1.29 is 19.2 Å². The summed E-state index contributed by atoms with van der Waals surface area (Å²) in [6.45, 7) is 6.25. The average Bonchev–Trinajstić information content (AvgIpc) is 2.86. The van der Waals surface area contributed by atoms with Gasteiger partial charge < -0.3 is 14.5 Å². The number of nitrogens with zero attached hydrogens (tertiary/aromatic N) is 3. The summed E-state index contributed by atoms with van der Waals surface area (Å²) in [5.41, 5.74) is -0.222. The molecule has 1 amide bonds. The van der Waals surface area contributed by atoms with E-state index >= 15 is 0 Å². The molecule has 7 nitrogen and oxygen atoms in total. The van der Waals surface area contributed by atoms with Crippen molar-refractivity contribution in [3.63, 3.8) is 0 Å². The molecule has 7 heteroatoms. The number of hydrogen-bond donors (Lipinski definition) is 1. The Labute approximate surface area is 110 Å². The van der Waals surface area contributed by atoms with Crippen LogP contribution >= 0.6 is 0 Å². The summed E-state index contributed by atoms with van der Waals surface area (Å²) < 4.78 is 5.09. The van der Waals surface area contributed by atoms with Crippen LogP contribution in [0.25, 0.3) is 0 Å². The molecule has 0 bridgehead atoms. The highest BCUT2D eigenvalue weighted by molar-refractivity contribution is 5.85. The minimum absolute atomic E-state index is 0.0373. The molecule has 1 aliphatic rings. The SMILES string of the molecule is CC(C)(C)c1noc(CN2C[C@@H](C(=O)O)CC2=O)n1. The number of aliphatic carboxylic acids is 1. The van der Waals surface area contributed by atoms with Crippen molar-refractivity contribution >= 4 is 11.9 Å². The predicted octanol–water partition coefficient (Wildman–Crippen LogP) is 0.800. The Bertz CT molecular complexity index is 503. The van der Waals surface area contributed by atoms with Crippen molar-refractivity contribution in [2.75, 3.05) is 6.54 Å². The fourth-order valence-corrected chi connectivity index (χ4v) is 1.88. The van der Waals surface area contributed by atoms with Crippen LogP contribution in [-0.4, -0.2) is 38.6 Å². The Morgan fingerprint density at radius 2 is 2.21 bits per heavy atom. The van der Waals surface area contributed by atoms with Crippen LogP contribution in [0.1, 0.15) is 38.9 Å². The Hall–Kier alpha value is -1.92. The van der Waals surface area contributed by atoms with Gasteiger partial charge in [0.05, 0.1) is 5.92 Å². The Morgan fingerprint density at radius 1 is 1.53 bits per heavy atom. The molecule has 1 N–H and O–H groups in total. The molecule has 1 saturated heterocycles. The summed E-state index contributed by atoms with van der Waals surface area (Å²) in [5.74, 6) is -0.870. The van der Waals surface area contributed by atoms with Crippen molar-refractivity contribution in [2.45, 2.75) is 39.2 Å². The lowest BCUT2D eigenvalue weighted by Crippen LogP contribution is -2.26.